The zero-order chi connectivity index (χ0) is 19.8. The van der Waals surface area contributed by atoms with Crippen molar-refractivity contribution >= 4 is 28.5 Å². The Kier molecular flexibility index (Phi) is 4.55. The summed E-state index contributed by atoms with van der Waals surface area (Å²) in [5, 5.41) is 16.1. The molecule has 0 aliphatic rings. The maximum Gasteiger partial charge on any atom is 0.187 e. The highest BCUT2D eigenvalue weighted by atomic mass is 32.2. The number of rotatable bonds is 4. The predicted octanol–water partition coefficient (Wildman–Crippen LogP) is 3.08. The van der Waals surface area contributed by atoms with E-state index in [4.69, 9.17) is 11.1 Å². The second-order valence-corrected chi connectivity index (χ2v) is 7.05. The molecule has 10 heteroatoms. The zero-order valence-corrected chi connectivity index (χ0v) is 15.5. The van der Waals surface area contributed by atoms with Crippen LogP contribution >= 0.6 is 11.8 Å². The molecular weight excluding hydrogens is 384 g/mol. The molecule has 28 heavy (non-hydrogen) atoms. The molecule has 4 rings (SSSR count). The number of aromatic nitrogens is 5. The Morgan fingerprint density at radius 2 is 2.00 bits per heavy atom. The third kappa shape index (κ3) is 3.11. The molecule has 1 aromatic carbocycles. The number of fused-ring (bicyclic) bond motifs is 1. The summed E-state index contributed by atoms with van der Waals surface area (Å²) in [6.07, 6.45) is 3.18. The van der Waals surface area contributed by atoms with Gasteiger partial charge in [-0.15, -0.1) is 0 Å². The molecule has 0 atom stereocenters. The molecule has 3 heterocycles. The van der Waals surface area contributed by atoms with Crippen LogP contribution in [-0.4, -0.2) is 24.7 Å². The van der Waals surface area contributed by atoms with Crippen LogP contribution in [0.4, 0.5) is 14.5 Å². The second-order valence-electron chi connectivity index (χ2n) is 6.11. The van der Waals surface area contributed by atoms with Gasteiger partial charge in [0.2, 0.25) is 0 Å². The van der Waals surface area contributed by atoms with E-state index in [1.165, 1.54) is 28.6 Å². The van der Waals surface area contributed by atoms with Gasteiger partial charge in [0.05, 0.1) is 11.1 Å². The van der Waals surface area contributed by atoms with E-state index in [-0.39, 0.29) is 16.3 Å². The number of nitrogens with two attached hydrogens (primary N) is 1. The standard InChI is InChI=1S/C18H15F2N7S/c1-9-14-16(22)27(15-12(19)3-2-4-13(15)20)18(24-17(14)26-25-9)28-8-10-5-11(21)7-23-6-10/h2-7,22H,8,21H2,1H3,(H,25,26). The monoisotopic (exact) mass is 399 g/mol. The first-order chi connectivity index (χ1) is 13.5. The lowest BCUT2D eigenvalue weighted by atomic mass is 10.2. The van der Waals surface area contributed by atoms with E-state index in [2.05, 4.69) is 20.2 Å². The number of nitrogens with one attached hydrogen (secondary N) is 2. The van der Waals surface area contributed by atoms with Crippen molar-refractivity contribution in [2.45, 2.75) is 17.8 Å². The molecule has 142 valence electrons. The van der Waals surface area contributed by atoms with Gasteiger partial charge in [0.25, 0.3) is 0 Å². The van der Waals surface area contributed by atoms with E-state index >= 15 is 0 Å². The van der Waals surface area contributed by atoms with Crippen molar-refractivity contribution < 1.29 is 8.78 Å². The van der Waals surface area contributed by atoms with E-state index in [0.29, 0.717) is 28.2 Å². The van der Waals surface area contributed by atoms with Gasteiger partial charge in [-0.05, 0) is 30.7 Å². The first-order valence-corrected chi connectivity index (χ1v) is 9.23. The average Bonchev–Trinajstić information content (AvgIpc) is 3.03. The number of nitrogens with zero attached hydrogens (tertiary/aromatic N) is 4. The van der Waals surface area contributed by atoms with Gasteiger partial charge >= 0.3 is 0 Å². The van der Waals surface area contributed by atoms with Crippen LogP contribution in [-0.2, 0) is 5.75 Å². The summed E-state index contributed by atoms with van der Waals surface area (Å²) in [5.41, 5.74) is 7.53. The van der Waals surface area contributed by atoms with Gasteiger partial charge in [0, 0.05) is 23.8 Å². The SMILES string of the molecule is Cc1[nH]nc2nc(SCc3cncc(N)c3)n(-c3c(F)cccc3F)c(=N)c12. The lowest BCUT2D eigenvalue weighted by molar-refractivity contribution is 0.554. The second kappa shape index (κ2) is 7.04. The van der Waals surface area contributed by atoms with Crippen LogP contribution in [0.5, 0.6) is 0 Å². The zero-order valence-electron chi connectivity index (χ0n) is 14.7. The van der Waals surface area contributed by atoms with Crippen LogP contribution in [0, 0.1) is 24.0 Å². The van der Waals surface area contributed by atoms with Gasteiger partial charge in [0.15, 0.2) is 10.8 Å². The molecule has 0 saturated heterocycles. The van der Waals surface area contributed by atoms with Gasteiger partial charge in [-0.1, -0.05) is 17.8 Å². The summed E-state index contributed by atoms with van der Waals surface area (Å²) >= 11 is 1.21. The van der Waals surface area contributed by atoms with Crippen LogP contribution in [0.2, 0.25) is 0 Å². The summed E-state index contributed by atoms with van der Waals surface area (Å²) in [4.78, 5) is 8.47. The predicted molar refractivity (Wildman–Crippen MR) is 102 cm³/mol. The molecular formula is C18H15F2N7S. The van der Waals surface area contributed by atoms with Crippen LogP contribution in [0.3, 0.4) is 0 Å². The van der Waals surface area contributed by atoms with E-state index in [1.54, 1.807) is 19.2 Å². The first kappa shape index (κ1) is 18.1. The van der Waals surface area contributed by atoms with Crippen molar-refractivity contribution in [2.24, 2.45) is 0 Å². The average molecular weight is 399 g/mol. The van der Waals surface area contributed by atoms with E-state index in [9.17, 15) is 8.78 Å². The Labute approximate surface area is 162 Å². The highest BCUT2D eigenvalue weighted by Gasteiger charge is 2.20. The molecule has 0 amide bonds. The minimum atomic E-state index is -0.784. The van der Waals surface area contributed by atoms with Gasteiger partial charge in [-0.3, -0.25) is 20.1 Å². The fraction of sp³-hybridized carbons (Fsp3) is 0.111. The summed E-state index contributed by atoms with van der Waals surface area (Å²) in [5.74, 6) is -1.17. The first-order valence-electron chi connectivity index (χ1n) is 8.24. The normalized spacial score (nSPS) is 11.2. The molecule has 0 unspecified atom stereocenters. The number of hydrogen-bond donors (Lipinski definition) is 3. The van der Waals surface area contributed by atoms with Crippen LogP contribution in [0.25, 0.3) is 16.7 Å². The van der Waals surface area contributed by atoms with E-state index < -0.39 is 11.6 Å². The summed E-state index contributed by atoms with van der Waals surface area (Å²) in [6.45, 7) is 1.72. The van der Waals surface area contributed by atoms with Crippen molar-refractivity contribution in [3.8, 4) is 5.69 Å². The molecule has 0 aliphatic heterocycles. The van der Waals surface area contributed by atoms with Crippen molar-refractivity contribution in [2.75, 3.05) is 5.73 Å². The number of aryl methyl sites for hydroxylation is 1. The summed E-state index contributed by atoms with van der Waals surface area (Å²) in [6, 6.07) is 5.33. The Bertz CT molecular complexity index is 1230. The molecule has 0 spiro atoms. The van der Waals surface area contributed by atoms with Gasteiger partial charge < -0.3 is 5.73 Å². The molecule has 4 N–H and O–H groups in total. The maximum absolute atomic E-state index is 14.5. The summed E-state index contributed by atoms with van der Waals surface area (Å²) < 4.78 is 30.2. The number of pyridine rings is 1. The van der Waals surface area contributed by atoms with E-state index in [1.807, 2.05) is 0 Å². The van der Waals surface area contributed by atoms with Crippen molar-refractivity contribution in [1.82, 2.24) is 24.7 Å². The Balaban J connectivity index is 1.91. The summed E-state index contributed by atoms with van der Waals surface area (Å²) in [7, 11) is 0. The quantitative estimate of drug-likeness (QED) is 0.361. The molecule has 3 aromatic heterocycles. The number of nitrogen functional groups attached to an aromatic ring is 1. The number of anilines is 1. The highest BCUT2D eigenvalue weighted by Crippen LogP contribution is 2.27. The fourth-order valence-electron chi connectivity index (χ4n) is 2.87. The van der Waals surface area contributed by atoms with Crippen molar-refractivity contribution in [1.29, 1.82) is 5.41 Å². The number of halogens is 2. The third-order valence-corrected chi connectivity index (χ3v) is 5.14. The fourth-order valence-corrected chi connectivity index (χ4v) is 3.79. The molecule has 0 fully saturated rings. The number of hydrogen-bond acceptors (Lipinski definition) is 6. The molecule has 0 saturated carbocycles. The van der Waals surface area contributed by atoms with E-state index in [0.717, 1.165) is 17.7 Å². The maximum atomic E-state index is 14.5. The van der Waals surface area contributed by atoms with Gasteiger partial charge in [-0.2, -0.15) is 5.10 Å². The Morgan fingerprint density at radius 1 is 1.25 bits per heavy atom. The Hall–Kier alpha value is -3.27. The lowest BCUT2D eigenvalue weighted by Crippen LogP contribution is -2.24. The van der Waals surface area contributed by atoms with Crippen molar-refractivity contribution in [3.05, 3.63) is 65.0 Å². The number of aromatic amines is 1. The van der Waals surface area contributed by atoms with Crippen molar-refractivity contribution in [3.63, 3.8) is 0 Å². The molecule has 7 nitrogen and oxygen atoms in total. The van der Waals surface area contributed by atoms with Crippen LogP contribution < -0.4 is 11.2 Å². The number of benzene rings is 1. The third-order valence-electron chi connectivity index (χ3n) is 4.13. The Morgan fingerprint density at radius 3 is 2.71 bits per heavy atom. The number of H-pyrrole nitrogens is 1. The lowest BCUT2D eigenvalue weighted by Gasteiger charge is -2.14. The van der Waals surface area contributed by atoms with Gasteiger partial charge in [-0.25, -0.2) is 13.8 Å². The molecule has 0 radical (unpaired) electrons. The van der Waals surface area contributed by atoms with Gasteiger partial charge in [0.1, 0.15) is 22.8 Å². The van der Waals surface area contributed by atoms with Crippen LogP contribution in [0.1, 0.15) is 11.3 Å². The molecule has 0 bridgehead atoms. The molecule has 4 aromatic rings. The largest absolute Gasteiger partial charge is 0.397 e. The molecule has 0 aliphatic carbocycles. The smallest absolute Gasteiger partial charge is 0.187 e. The highest BCUT2D eigenvalue weighted by molar-refractivity contribution is 7.98. The van der Waals surface area contributed by atoms with Crippen LogP contribution in [0.15, 0.2) is 41.8 Å². The topological polar surface area (TPSA) is 109 Å². The minimum absolute atomic E-state index is 0.103. The number of para-hydroxylation sites is 1. The minimum Gasteiger partial charge on any atom is -0.397 e. The number of thioether (sulfide) groups is 1.